The van der Waals surface area contributed by atoms with E-state index in [1.54, 1.807) is 42.5 Å². The Labute approximate surface area is 175 Å². The number of hydrogen-bond acceptors (Lipinski definition) is 6. The minimum atomic E-state index is -0.979. The second-order valence-corrected chi connectivity index (χ2v) is 7.83. The van der Waals surface area contributed by atoms with Crippen molar-refractivity contribution in [3.05, 3.63) is 74.6 Å². The molecular weight excluding hydrogens is 406 g/mol. The number of thioether (sulfide) groups is 1. The highest BCUT2D eigenvalue weighted by molar-refractivity contribution is 7.99. The van der Waals surface area contributed by atoms with Gasteiger partial charge in [-0.05, 0) is 28.6 Å². The zero-order valence-corrected chi connectivity index (χ0v) is 17.0. The third kappa shape index (κ3) is 3.14. The van der Waals surface area contributed by atoms with Gasteiger partial charge in [0.25, 0.3) is 11.9 Å². The number of nitro benzene ring substituents is 1. The predicted molar refractivity (Wildman–Crippen MR) is 111 cm³/mol. The Morgan fingerprint density at radius 3 is 2.67 bits per heavy atom. The molecule has 4 rings (SSSR count). The molecular formula is C20H18N5O4S+. The number of nitro groups is 1. The maximum absolute atomic E-state index is 13.0. The SMILES string of the molecule is CCSc1n[n+]2c(c(=O)[nH]1)-c1ccccc1N(C(C)=O)[C@@H]2c1ccccc1[N+](=O)[O-]. The van der Waals surface area contributed by atoms with Gasteiger partial charge in [0.05, 0.1) is 16.2 Å². The van der Waals surface area contributed by atoms with Crippen molar-refractivity contribution in [1.29, 1.82) is 0 Å². The van der Waals surface area contributed by atoms with Gasteiger partial charge < -0.3 is 0 Å². The predicted octanol–water partition coefficient (Wildman–Crippen LogP) is 2.66. The third-order valence-electron chi connectivity index (χ3n) is 4.79. The molecule has 0 radical (unpaired) electrons. The molecule has 1 aliphatic rings. The van der Waals surface area contributed by atoms with Gasteiger partial charge >= 0.3 is 11.3 Å². The zero-order valence-electron chi connectivity index (χ0n) is 16.2. The van der Waals surface area contributed by atoms with Crippen molar-refractivity contribution in [2.45, 2.75) is 25.2 Å². The Morgan fingerprint density at radius 1 is 1.27 bits per heavy atom. The number of aromatic nitrogens is 3. The number of rotatable bonds is 4. The molecule has 1 atom stereocenters. The summed E-state index contributed by atoms with van der Waals surface area (Å²) in [5.74, 6) is 0.348. The number of para-hydroxylation sites is 2. The molecule has 10 heteroatoms. The molecule has 1 aliphatic heterocycles. The van der Waals surface area contributed by atoms with E-state index in [0.29, 0.717) is 22.2 Å². The third-order valence-corrected chi connectivity index (χ3v) is 5.54. The van der Waals surface area contributed by atoms with E-state index in [4.69, 9.17) is 0 Å². The first kappa shape index (κ1) is 19.8. The molecule has 0 saturated heterocycles. The number of nitrogens with zero attached hydrogens (tertiary/aromatic N) is 4. The number of amides is 1. The lowest BCUT2D eigenvalue weighted by molar-refractivity contribution is -0.763. The van der Waals surface area contributed by atoms with Gasteiger partial charge in [-0.3, -0.25) is 24.7 Å². The van der Waals surface area contributed by atoms with Crippen LogP contribution in [0.1, 0.15) is 25.6 Å². The largest absolute Gasteiger partial charge is 0.325 e. The summed E-state index contributed by atoms with van der Waals surface area (Å²) in [6.45, 7) is 3.31. The highest BCUT2D eigenvalue weighted by atomic mass is 32.2. The summed E-state index contributed by atoms with van der Waals surface area (Å²) in [5.41, 5.74) is 1.01. The van der Waals surface area contributed by atoms with Crippen molar-refractivity contribution in [3.63, 3.8) is 0 Å². The lowest BCUT2D eigenvalue weighted by Gasteiger charge is -2.31. The minimum absolute atomic E-state index is 0.154. The van der Waals surface area contributed by atoms with E-state index in [2.05, 4.69) is 10.1 Å². The molecule has 1 N–H and O–H groups in total. The molecule has 0 unspecified atom stereocenters. The summed E-state index contributed by atoms with van der Waals surface area (Å²) in [7, 11) is 0. The number of carbonyl (C=O) groups excluding carboxylic acids is 1. The Kier molecular flexibility index (Phi) is 5.08. The fourth-order valence-electron chi connectivity index (χ4n) is 3.67. The van der Waals surface area contributed by atoms with Crippen molar-refractivity contribution >= 4 is 29.0 Å². The molecule has 0 aliphatic carbocycles. The summed E-state index contributed by atoms with van der Waals surface area (Å²) in [6.07, 6.45) is -0.979. The van der Waals surface area contributed by atoms with E-state index in [0.717, 1.165) is 0 Å². The van der Waals surface area contributed by atoms with E-state index in [9.17, 15) is 19.7 Å². The van der Waals surface area contributed by atoms with Crippen LogP contribution in [0.25, 0.3) is 11.3 Å². The first-order valence-electron chi connectivity index (χ1n) is 9.25. The molecule has 0 saturated carbocycles. The summed E-state index contributed by atoms with van der Waals surface area (Å²) in [6, 6.07) is 13.2. The van der Waals surface area contributed by atoms with E-state index < -0.39 is 11.1 Å². The summed E-state index contributed by atoms with van der Waals surface area (Å²) < 4.78 is 1.42. The Balaban J connectivity index is 2.11. The van der Waals surface area contributed by atoms with Crippen molar-refractivity contribution < 1.29 is 14.4 Å². The highest BCUT2D eigenvalue weighted by Gasteiger charge is 2.47. The van der Waals surface area contributed by atoms with Crippen molar-refractivity contribution in [2.24, 2.45) is 0 Å². The lowest BCUT2D eigenvalue weighted by atomic mass is 10.0. The molecule has 152 valence electrons. The highest BCUT2D eigenvalue weighted by Crippen LogP contribution is 2.39. The van der Waals surface area contributed by atoms with Gasteiger partial charge in [0.1, 0.15) is 5.56 Å². The monoisotopic (exact) mass is 424 g/mol. The topological polar surface area (TPSA) is 113 Å². The number of fused-ring (bicyclic) bond motifs is 3. The van der Waals surface area contributed by atoms with Crippen LogP contribution in [-0.4, -0.2) is 26.7 Å². The summed E-state index contributed by atoms with van der Waals surface area (Å²) >= 11 is 1.34. The van der Waals surface area contributed by atoms with Crippen LogP contribution in [0, 0.1) is 10.1 Å². The Bertz CT molecular complexity index is 1230. The average molecular weight is 424 g/mol. The van der Waals surface area contributed by atoms with Crippen molar-refractivity contribution in [3.8, 4) is 11.3 Å². The number of benzene rings is 2. The standard InChI is InChI=1S/C20H17N5O4S/c1-3-30-20-21-18(27)17-13-8-4-6-10-15(13)23(12(2)26)19(24(17)22-20)14-9-5-7-11-16(14)25(28)29/h4-11,19H,3H2,1-2H3/p+1/t19-/m0/s1. The van der Waals surface area contributed by atoms with E-state index in [1.165, 1.54) is 34.3 Å². The van der Waals surface area contributed by atoms with Gasteiger partial charge in [-0.25, -0.2) is 4.90 Å². The van der Waals surface area contributed by atoms with Crippen LogP contribution in [-0.2, 0) is 4.79 Å². The van der Waals surface area contributed by atoms with E-state index in [-0.39, 0.29) is 28.4 Å². The number of H-pyrrole nitrogens is 1. The molecule has 0 fully saturated rings. The maximum atomic E-state index is 13.0. The average Bonchev–Trinajstić information content (AvgIpc) is 2.72. The number of hydrogen-bond donors (Lipinski definition) is 1. The second-order valence-electron chi connectivity index (χ2n) is 6.58. The molecule has 1 amide bonds. The van der Waals surface area contributed by atoms with E-state index >= 15 is 0 Å². The van der Waals surface area contributed by atoms with Gasteiger partial charge in [0.2, 0.25) is 11.1 Å². The number of nitrogens with one attached hydrogen (secondary N) is 1. The van der Waals surface area contributed by atoms with Crippen molar-refractivity contribution in [1.82, 2.24) is 10.1 Å². The molecule has 0 spiro atoms. The quantitative estimate of drug-likeness (QED) is 0.298. The second kappa shape index (κ2) is 7.71. The van der Waals surface area contributed by atoms with Gasteiger partial charge in [0.15, 0.2) is 0 Å². The Morgan fingerprint density at radius 2 is 1.97 bits per heavy atom. The number of carbonyl (C=O) groups is 1. The van der Waals surface area contributed by atoms with Gasteiger partial charge in [-0.2, -0.15) is 0 Å². The first-order valence-corrected chi connectivity index (χ1v) is 10.2. The first-order chi connectivity index (χ1) is 14.4. The molecule has 0 bridgehead atoms. The fraction of sp³-hybridized carbons (Fsp3) is 0.200. The van der Waals surface area contributed by atoms with Crippen LogP contribution in [0.2, 0.25) is 0 Å². The van der Waals surface area contributed by atoms with Gasteiger partial charge in [-0.15, -0.1) is 0 Å². The van der Waals surface area contributed by atoms with Crippen LogP contribution >= 0.6 is 11.8 Å². The zero-order chi connectivity index (χ0) is 21.4. The van der Waals surface area contributed by atoms with Crippen molar-refractivity contribution in [2.75, 3.05) is 10.7 Å². The maximum Gasteiger partial charge on any atom is 0.325 e. The molecule has 9 nitrogen and oxygen atoms in total. The Hall–Kier alpha value is -3.53. The molecule has 30 heavy (non-hydrogen) atoms. The number of anilines is 1. The molecule has 3 aromatic rings. The smallest absolute Gasteiger partial charge is 0.291 e. The molecule has 2 heterocycles. The molecule has 2 aromatic carbocycles. The van der Waals surface area contributed by atoms with Crippen LogP contribution in [0.5, 0.6) is 0 Å². The number of aromatic amines is 1. The van der Waals surface area contributed by atoms with Crippen LogP contribution in [0.4, 0.5) is 11.4 Å². The lowest BCUT2D eigenvalue weighted by Crippen LogP contribution is -2.60. The molecule has 1 aromatic heterocycles. The normalized spacial score (nSPS) is 14.7. The fourth-order valence-corrected chi connectivity index (χ4v) is 4.25. The van der Waals surface area contributed by atoms with Crippen LogP contribution in [0.3, 0.4) is 0 Å². The van der Waals surface area contributed by atoms with E-state index in [1.807, 2.05) is 6.92 Å². The van der Waals surface area contributed by atoms with Gasteiger partial charge in [0, 0.05) is 18.1 Å². The minimum Gasteiger partial charge on any atom is -0.291 e. The van der Waals surface area contributed by atoms with Crippen LogP contribution in [0.15, 0.2) is 58.5 Å². The summed E-state index contributed by atoms with van der Waals surface area (Å²) in [5, 5.41) is 16.7. The van der Waals surface area contributed by atoms with Gasteiger partial charge in [-0.1, -0.05) is 43.0 Å². The van der Waals surface area contributed by atoms with Crippen LogP contribution < -0.4 is 15.1 Å². The summed E-state index contributed by atoms with van der Waals surface area (Å²) in [4.78, 5) is 41.2.